The molecule has 8 heteroatoms. The molecule has 2 heterocycles. The van der Waals surface area contributed by atoms with Crippen molar-refractivity contribution in [3.63, 3.8) is 0 Å². The van der Waals surface area contributed by atoms with Crippen molar-refractivity contribution in [2.24, 2.45) is 0 Å². The number of carbonyl (C=O) groups excluding carboxylic acids is 2. The summed E-state index contributed by atoms with van der Waals surface area (Å²) < 4.78 is 45.6. The van der Waals surface area contributed by atoms with Crippen LogP contribution in [-0.4, -0.2) is 11.8 Å². The second-order valence-corrected chi connectivity index (χ2v) is 8.16. The number of hydrogen-bond donors (Lipinski definition) is 1. The molecular weight excluding hydrogens is 457 g/mol. The Labute approximate surface area is 198 Å². The van der Waals surface area contributed by atoms with E-state index in [0.29, 0.717) is 11.4 Å². The quantitative estimate of drug-likeness (QED) is 0.347. The number of alkyl halides is 3. The Morgan fingerprint density at radius 1 is 0.886 bits per heavy atom. The van der Waals surface area contributed by atoms with E-state index in [9.17, 15) is 22.8 Å². The van der Waals surface area contributed by atoms with Gasteiger partial charge in [0.15, 0.2) is 5.54 Å². The van der Waals surface area contributed by atoms with Gasteiger partial charge in [-0.05, 0) is 48.5 Å². The summed E-state index contributed by atoms with van der Waals surface area (Å²) >= 11 is 0. The van der Waals surface area contributed by atoms with E-state index in [2.05, 4.69) is 5.32 Å². The molecule has 2 amide bonds. The summed E-state index contributed by atoms with van der Waals surface area (Å²) in [5.74, 6) is -0.458. The highest BCUT2D eigenvalue weighted by Crippen LogP contribution is 2.47. The summed E-state index contributed by atoms with van der Waals surface area (Å²) in [7, 11) is 0. The molecule has 1 aliphatic heterocycles. The van der Waals surface area contributed by atoms with E-state index in [1.807, 2.05) is 6.07 Å². The van der Waals surface area contributed by atoms with Gasteiger partial charge in [-0.25, -0.2) is 0 Å². The Morgan fingerprint density at radius 2 is 1.57 bits per heavy atom. The fourth-order valence-corrected chi connectivity index (χ4v) is 4.25. The zero-order valence-corrected chi connectivity index (χ0v) is 18.3. The molecule has 4 aromatic rings. The van der Waals surface area contributed by atoms with Crippen molar-refractivity contribution in [2.75, 3.05) is 10.2 Å². The number of amides is 2. The first kappa shape index (κ1) is 22.5. The highest BCUT2D eigenvalue weighted by atomic mass is 19.4. The largest absolute Gasteiger partial charge is 0.458 e. The molecule has 0 radical (unpaired) electrons. The lowest BCUT2D eigenvalue weighted by Crippen LogP contribution is -2.67. The molecule has 0 bridgehead atoms. The molecule has 1 aromatic heterocycles. The molecule has 1 fully saturated rings. The Balaban J connectivity index is 1.58. The third kappa shape index (κ3) is 3.97. The topological polar surface area (TPSA) is 62.6 Å². The van der Waals surface area contributed by atoms with Gasteiger partial charge in [0.2, 0.25) is 5.91 Å². The lowest BCUT2D eigenvalue weighted by molar-refractivity contribution is -0.138. The number of nitrogens with one attached hydrogen (secondary N) is 1. The molecule has 3 aromatic carbocycles. The first-order valence-corrected chi connectivity index (χ1v) is 10.8. The fraction of sp³-hybridized carbons (Fsp3) is 0.111. The van der Waals surface area contributed by atoms with Crippen molar-refractivity contribution in [3.05, 3.63) is 108 Å². The zero-order chi connectivity index (χ0) is 24.6. The molecule has 0 saturated carbocycles. The molecule has 1 N–H and O–H groups in total. The average Bonchev–Trinajstić information content (AvgIpc) is 3.33. The molecule has 1 unspecified atom stereocenters. The highest BCUT2D eigenvalue weighted by molar-refractivity contribution is 6.16. The van der Waals surface area contributed by atoms with E-state index in [1.54, 1.807) is 54.6 Å². The Hall–Kier alpha value is -4.33. The number of nitrogens with zero attached hydrogens (tertiary/aromatic N) is 1. The van der Waals surface area contributed by atoms with E-state index in [-0.39, 0.29) is 29.4 Å². The van der Waals surface area contributed by atoms with E-state index < -0.39 is 23.2 Å². The van der Waals surface area contributed by atoms with Gasteiger partial charge in [0.05, 0.1) is 12.0 Å². The van der Waals surface area contributed by atoms with Crippen LogP contribution >= 0.6 is 0 Å². The van der Waals surface area contributed by atoms with Crippen LogP contribution in [0.4, 0.5) is 24.5 Å². The summed E-state index contributed by atoms with van der Waals surface area (Å²) in [6.45, 7) is 0. The Morgan fingerprint density at radius 3 is 2.23 bits per heavy atom. The minimum Gasteiger partial charge on any atom is -0.458 e. The van der Waals surface area contributed by atoms with Gasteiger partial charge in [-0.3, -0.25) is 14.5 Å². The van der Waals surface area contributed by atoms with Crippen molar-refractivity contribution in [3.8, 4) is 11.3 Å². The Bertz CT molecular complexity index is 1380. The Kier molecular flexibility index (Phi) is 5.43. The lowest BCUT2D eigenvalue weighted by atomic mass is 9.79. The van der Waals surface area contributed by atoms with Crippen LogP contribution in [0.2, 0.25) is 0 Å². The number of anilines is 2. The summed E-state index contributed by atoms with van der Waals surface area (Å²) in [6, 6.07) is 25.3. The van der Waals surface area contributed by atoms with Crippen LogP contribution in [0.15, 0.2) is 101 Å². The summed E-state index contributed by atoms with van der Waals surface area (Å²) in [5, 5.41) is 2.84. The van der Waals surface area contributed by atoms with Crippen LogP contribution in [0.3, 0.4) is 0 Å². The van der Waals surface area contributed by atoms with Crippen LogP contribution in [0, 0.1) is 0 Å². The molecule has 1 aliphatic rings. The number of benzene rings is 3. The molecule has 5 nitrogen and oxygen atoms in total. The number of halogens is 3. The predicted octanol–water partition coefficient (Wildman–Crippen LogP) is 6.24. The van der Waals surface area contributed by atoms with E-state index in [4.69, 9.17) is 4.42 Å². The van der Waals surface area contributed by atoms with E-state index in [0.717, 1.165) is 12.1 Å². The van der Waals surface area contributed by atoms with E-state index >= 15 is 0 Å². The molecule has 1 saturated heterocycles. The van der Waals surface area contributed by atoms with Gasteiger partial charge in [0.25, 0.3) is 5.91 Å². The third-order valence-corrected chi connectivity index (χ3v) is 5.95. The molecule has 0 aliphatic carbocycles. The highest BCUT2D eigenvalue weighted by Gasteiger charge is 2.60. The minimum absolute atomic E-state index is 0.154. The third-order valence-electron chi connectivity index (χ3n) is 5.95. The lowest BCUT2D eigenvalue weighted by Gasteiger charge is -2.48. The first-order chi connectivity index (χ1) is 16.8. The molecule has 5 rings (SSSR count). The molecule has 0 spiro atoms. The van der Waals surface area contributed by atoms with Crippen LogP contribution in [0.25, 0.3) is 11.3 Å². The normalized spacial score (nSPS) is 17.7. The van der Waals surface area contributed by atoms with Crippen molar-refractivity contribution in [2.45, 2.75) is 18.1 Å². The van der Waals surface area contributed by atoms with Gasteiger partial charge in [0.1, 0.15) is 11.5 Å². The smallest absolute Gasteiger partial charge is 0.416 e. The molecule has 1 atom stereocenters. The second kappa shape index (κ2) is 8.47. The van der Waals surface area contributed by atoms with Crippen molar-refractivity contribution < 1.29 is 27.2 Å². The summed E-state index contributed by atoms with van der Waals surface area (Å²) in [6.07, 6.45) is -4.66. The van der Waals surface area contributed by atoms with Gasteiger partial charge in [-0.2, -0.15) is 13.2 Å². The zero-order valence-electron chi connectivity index (χ0n) is 18.3. The number of furan rings is 1. The minimum atomic E-state index is -4.51. The predicted molar refractivity (Wildman–Crippen MR) is 124 cm³/mol. The van der Waals surface area contributed by atoms with Crippen LogP contribution in [0.5, 0.6) is 0 Å². The molecule has 176 valence electrons. The SMILES string of the molecule is O=C1CC(C(=O)Nc2ccccc2)(c2ccc(-c3cccc(C(F)(F)F)c3)o2)N1c1ccccc1. The van der Waals surface area contributed by atoms with Crippen molar-refractivity contribution in [1.29, 1.82) is 0 Å². The maximum Gasteiger partial charge on any atom is 0.416 e. The van der Waals surface area contributed by atoms with Crippen molar-refractivity contribution in [1.82, 2.24) is 0 Å². The maximum absolute atomic E-state index is 13.7. The number of rotatable bonds is 5. The van der Waals surface area contributed by atoms with Gasteiger partial charge in [-0.15, -0.1) is 0 Å². The first-order valence-electron chi connectivity index (χ1n) is 10.8. The van der Waals surface area contributed by atoms with Crippen LogP contribution in [-0.2, 0) is 21.3 Å². The average molecular weight is 476 g/mol. The number of β-lactam (4-membered cyclic amide) rings is 1. The van der Waals surface area contributed by atoms with E-state index in [1.165, 1.54) is 29.2 Å². The summed E-state index contributed by atoms with van der Waals surface area (Å²) in [4.78, 5) is 27.8. The number of carbonyl (C=O) groups is 2. The standard InChI is InChI=1S/C27H19F3N2O3/c28-27(29,30)19-9-7-8-18(16-19)22-14-15-23(35-22)26(25(34)31-20-10-3-1-4-11-20)17-24(33)32(26)21-12-5-2-6-13-21/h1-16H,17H2,(H,31,34). The monoisotopic (exact) mass is 476 g/mol. The summed E-state index contributed by atoms with van der Waals surface area (Å²) in [5.41, 5.74) is -1.07. The van der Waals surface area contributed by atoms with Crippen molar-refractivity contribution >= 4 is 23.2 Å². The molecular formula is C27H19F3N2O3. The van der Waals surface area contributed by atoms with Gasteiger partial charge in [0, 0.05) is 16.9 Å². The number of para-hydroxylation sites is 2. The second-order valence-electron chi connectivity index (χ2n) is 8.16. The van der Waals surface area contributed by atoms with Gasteiger partial charge >= 0.3 is 6.18 Å². The van der Waals surface area contributed by atoms with Gasteiger partial charge < -0.3 is 9.73 Å². The van der Waals surface area contributed by atoms with Crippen LogP contribution in [0.1, 0.15) is 17.7 Å². The number of hydrogen-bond acceptors (Lipinski definition) is 3. The molecule has 35 heavy (non-hydrogen) atoms. The maximum atomic E-state index is 13.7. The fourth-order valence-electron chi connectivity index (χ4n) is 4.25. The van der Waals surface area contributed by atoms with Gasteiger partial charge in [-0.1, -0.05) is 48.5 Å². The van der Waals surface area contributed by atoms with Crippen LogP contribution < -0.4 is 10.2 Å².